The Morgan fingerprint density at radius 1 is 0.731 bits per heavy atom. The lowest BCUT2D eigenvalue weighted by Gasteiger charge is -2.15. The molecule has 4 heteroatoms. The van der Waals surface area contributed by atoms with Crippen molar-refractivity contribution in [1.29, 1.82) is 0 Å². The Kier molecular flexibility index (Phi) is 5.44. The summed E-state index contributed by atoms with van der Waals surface area (Å²) in [5.74, 6) is -0.391. The first-order valence-corrected chi connectivity index (χ1v) is 8.46. The second kappa shape index (κ2) is 8.12. The SMILES string of the molecule is C[C@@H](NC(=O)c1cccc(NC(=O)c2ccccc2)c1)c1ccccc1. The molecule has 0 saturated carbocycles. The van der Waals surface area contributed by atoms with Crippen LogP contribution in [0.25, 0.3) is 0 Å². The number of carbonyl (C=O) groups excluding carboxylic acids is 2. The zero-order valence-electron chi connectivity index (χ0n) is 14.5. The molecule has 26 heavy (non-hydrogen) atoms. The summed E-state index contributed by atoms with van der Waals surface area (Å²) < 4.78 is 0. The minimum atomic E-state index is -0.208. The summed E-state index contributed by atoms with van der Waals surface area (Å²) in [5.41, 5.74) is 2.69. The third-order valence-electron chi connectivity index (χ3n) is 4.07. The van der Waals surface area contributed by atoms with Gasteiger partial charge in [0, 0.05) is 16.8 Å². The Morgan fingerprint density at radius 3 is 2.04 bits per heavy atom. The van der Waals surface area contributed by atoms with E-state index < -0.39 is 0 Å². The third-order valence-corrected chi connectivity index (χ3v) is 4.07. The molecule has 2 amide bonds. The molecular formula is C22H20N2O2. The van der Waals surface area contributed by atoms with Gasteiger partial charge >= 0.3 is 0 Å². The molecule has 3 aromatic carbocycles. The van der Waals surface area contributed by atoms with Crippen LogP contribution >= 0.6 is 0 Å². The van der Waals surface area contributed by atoms with Crippen LogP contribution in [0.1, 0.15) is 39.2 Å². The van der Waals surface area contributed by atoms with Crippen LogP contribution < -0.4 is 10.6 Å². The van der Waals surface area contributed by atoms with Crippen LogP contribution in [0.4, 0.5) is 5.69 Å². The minimum Gasteiger partial charge on any atom is -0.346 e. The van der Waals surface area contributed by atoms with Gasteiger partial charge in [-0.25, -0.2) is 0 Å². The molecule has 4 nitrogen and oxygen atoms in total. The smallest absolute Gasteiger partial charge is 0.255 e. The number of rotatable bonds is 5. The van der Waals surface area contributed by atoms with Crippen LogP contribution in [-0.4, -0.2) is 11.8 Å². The molecule has 0 saturated heterocycles. The number of anilines is 1. The maximum absolute atomic E-state index is 12.5. The molecule has 0 spiro atoms. The van der Waals surface area contributed by atoms with E-state index in [0.717, 1.165) is 5.56 Å². The number of hydrogen-bond donors (Lipinski definition) is 2. The van der Waals surface area contributed by atoms with E-state index in [1.165, 1.54) is 0 Å². The monoisotopic (exact) mass is 344 g/mol. The molecule has 0 aromatic heterocycles. The maximum atomic E-state index is 12.5. The molecule has 0 radical (unpaired) electrons. The van der Waals surface area contributed by atoms with E-state index in [9.17, 15) is 9.59 Å². The first-order valence-electron chi connectivity index (χ1n) is 8.46. The van der Waals surface area contributed by atoms with Crippen LogP contribution in [0.15, 0.2) is 84.9 Å². The predicted octanol–water partition coefficient (Wildman–Crippen LogP) is 4.43. The van der Waals surface area contributed by atoms with Crippen molar-refractivity contribution in [3.8, 4) is 0 Å². The summed E-state index contributed by atoms with van der Waals surface area (Å²) in [5, 5.41) is 5.79. The van der Waals surface area contributed by atoms with Crippen molar-refractivity contribution in [3.05, 3.63) is 102 Å². The fraction of sp³-hybridized carbons (Fsp3) is 0.0909. The van der Waals surface area contributed by atoms with Crippen LogP contribution in [0.3, 0.4) is 0 Å². The Morgan fingerprint density at radius 2 is 1.35 bits per heavy atom. The Bertz CT molecular complexity index is 892. The summed E-state index contributed by atoms with van der Waals surface area (Å²) in [4.78, 5) is 24.8. The van der Waals surface area contributed by atoms with Gasteiger partial charge in [-0.3, -0.25) is 9.59 Å². The standard InChI is InChI=1S/C22H20N2O2/c1-16(17-9-4-2-5-10-17)23-22(26)19-13-8-14-20(15-19)24-21(25)18-11-6-3-7-12-18/h2-16H,1H3,(H,23,26)(H,24,25)/t16-/m1/s1. The van der Waals surface area contributed by atoms with Crippen molar-refractivity contribution in [1.82, 2.24) is 5.32 Å². The molecule has 0 heterocycles. The van der Waals surface area contributed by atoms with Crippen molar-refractivity contribution in [2.75, 3.05) is 5.32 Å². The highest BCUT2D eigenvalue weighted by Gasteiger charge is 2.12. The second-order valence-electron chi connectivity index (χ2n) is 6.01. The number of hydrogen-bond acceptors (Lipinski definition) is 2. The van der Waals surface area contributed by atoms with Gasteiger partial charge in [0.2, 0.25) is 0 Å². The highest BCUT2D eigenvalue weighted by molar-refractivity contribution is 6.05. The van der Waals surface area contributed by atoms with E-state index in [0.29, 0.717) is 16.8 Å². The summed E-state index contributed by atoms with van der Waals surface area (Å²) in [6, 6.07) is 25.5. The average Bonchev–Trinajstić information content (AvgIpc) is 2.69. The van der Waals surface area contributed by atoms with E-state index >= 15 is 0 Å². The normalized spacial score (nSPS) is 11.4. The lowest BCUT2D eigenvalue weighted by molar-refractivity contribution is 0.0938. The number of carbonyl (C=O) groups is 2. The predicted molar refractivity (Wildman–Crippen MR) is 103 cm³/mol. The number of nitrogens with one attached hydrogen (secondary N) is 2. The zero-order valence-corrected chi connectivity index (χ0v) is 14.5. The summed E-state index contributed by atoms with van der Waals surface area (Å²) >= 11 is 0. The maximum Gasteiger partial charge on any atom is 0.255 e. The van der Waals surface area contributed by atoms with E-state index in [-0.39, 0.29) is 17.9 Å². The summed E-state index contributed by atoms with van der Waals surface area (Å²) in [6.45, 7) is 1.94. The fourth-order valence-corrected chi connectivity index (χ4v) is 2.64. The summed E-state index contributed by atoms with van der Waals surface area (Å²) in [6.07, 6.45) is 0. The topological polar surface area (TPSA) is 58.2 Å². The van der Waals surface area contributed by atoms with Crippen LogP contribution in [0, 0.1) is 0 Å². The van der Waals surface area contributed by atoms with Gasteiger partial charge in [0.15, 0.2) is 0 Å². The van der Waals surface area contributed by atoms with Crippen LogP contribution in [0.5, 0.6) is 0 Å². The third kappa shape index (κ3) is 4.36. The van der Waals surface area contributed by atoms with E-state index in [2.05, 4.69) is 10.6 Å². The number of benzene rings is 3. The Balaban J connectivity index is 1.68. The first kappa shape index (κ1) is 17.4. The fourth-order valence-electron chi connectivity index (χ4n) is 2.64. The van der Waals surface area contributed by atoms with Gasteiger partial charge in [0.05, 0.1) is 6.04 Å². The molecule has 130 valence electrons. The van der Waals surface area contributed by atoms with Crippen molar-refractivity contribution in [2.45, 2.75) is 13.0 Å². The minimum absolute atomic E-state index is 0.105. The van der Waals surface area contributed by atoms with Crippen molar-refractivity contribution in [2.24, 2.45) is 0 Å². The van der Waals surface area contributed by atoms with E-state index in [1.807, 2.05) is 55.5 Å². The van der Waals surface area contributed by atoms with E-state index in [4.69, 9.17) is 0 Å². The number of amides is 2. The molecule has 3 aromatic rings. The Labute approximate surface area is 152 Å². The highest BCUT2D eigenvalue weighted by Crippen LogP contribution is 2.15. The lowest BCUT2D eigenvalue weighted by Crippen LogP contribution is -2.26. The van der Waals surface area contributed by atoms with Crippen molar-refractivity contribution in [3.63, 3.8) is 0 Å². The van der Waals surface area contributed by atoms with Gasteiger partial charge in [0.25, 0.3) is 11.8 Å². The van der Waals surface area contributed by atoms with Gasteiger partial charge in [-0.2, -0.15) is 0 Å². The van der Waals surface area contributed by atoms with Gasteiger partial charge in [0.1, 0.15) is 0 Å². The van der Waals surface area contributed by atoms with Crippen LogP contribution in [-0.2, 0) is 0 Å². The largest absolute Gasteiger partial charge is 0.346 e. The highest BCUT2D eigenvalue weighted by atomic mass is 16.2. The zero-order chi connectivity index (χ0) is 18.4. The van der Waals surface area contributed by atoms with E-state index in [1.54, 1.807) is 36.4 Å². The Hall–Kier alpha value is -3.40. The van der Waals surface area contributed by atoms with Gasteiger partial charge in [-0.15, -0.1) is 0 Å². The molecule has 2 N–H and O–H groups in total. The molecule has 0 fully saturated rings. The quantitative estimate of drug-likeness (QED) is 0.719. The van der Waals surface area contributed by atoms with Gasteiger partial charge in [-0.05, 0) is 42.8 Å². The molecular weight excluding hydrogens is 324 g/mol. The molecule has 0 aliphatic heterocycles. The van der Waals surface area contributed by atoms with Crippen LogP contribution in [0.2, 0.25) is 0 Å². The molecule has 1 atom stereocenters. The molecule has 0 aliphatic rings. The summed E-state index contributed by atoms with van der Waals surface area (Å²) in [7, 11) is 0. The van der Waals surface area contributed by atoms with Crippen molar-refractivity contribution < 1.29 is 9.59 Å². The van der Waals surface area contributed by atoms with Crippen molar-refractivity contribution >= 4 is 17.5 Å². The first-order chi connectivity index (χ1) is 12.6. The molecule has 0 aliphatic carbocycles. The average molecular weight is 344 g/mol. The molecule has 0 bridgehead atoms. The van der Waals surface area contributed by atoms with Gasteiger partial charge in [-0.1, -0.05) is 54.6 Å². The van der Waals surface area contributed by atoms with Gasteiger partial charge < -0.3 is 10.6 Å². The molecule has 3 rings (SSSR count). The second-order valence-corrected chi connectivity index (χ2v) is 6.01. The lowest BCUT2D eigenvalue weighted by atomic mass is 10.1. The molecule has 0 unspecified atom stereocenters.